The summed E-state index contributed by atoms with van der Waals surface area (Å²) in [5, 5.41) is 2.92. The van der Waals surface area contributed by atoms with E-state index in [9.17, 15) is 8.42 Å². The van der Waals surface area contributed by atoms with Crippen LogP contribution in [0.15, 0.2) is 0 Å². The summed E-state index contributed by atoms with van der Waals surface area (Å²) in [6, 6.07) is -0.0175. The summed E-state index contributed by atoms with van der Waals surface area (Å²) < 4.78 is 21.7. The number of hydrogen-bond donors (Lipinski definition) is 1. The lowest BCUT2D eigenvalue weighted by molar-refractivity contribution is 0.550. The van der Waals surface area contributed by atoms with Gasteiger partial charge in [0.15, 0.2) is 0 Å². The number of nitrogens with one attached hydrogen (secondary N) is 1. The summed E-state index contributed by atoms with van der Waals surface area (Å²) in [7, 11) is -1.15. The van der Waals surface area contributed by atoms with Gasteiger partial charge in [0, 0.05) is 18.7 Å². The minimum Gasteiger partial charge on any atom is -0.316 e. The molecule has 1 atom stereocenters. The molecule has 0 saturated heterocycles. The van der Waals surface area contributed by atoms with Crippen LogP contribution in [0.4, 0.5) is 0 Å². The Morgan fingerprint density at radius 1 is 1.58 bits per heavy atom. The quantitative estimate of drug-likeness (QED) is 0.621. The van der Waals surface area contributed by atoms with Crippen LogP contribution in [0.3, 0.4) is 0 Å². The van der Waals surface area contributed by atoms with Crippen LogP contribution in [0.5, 0.6) is 0 Å². The Balaban J connectivity index is 3.94. The van der Waals surface area contributed by atoms with Crippen molar-refractivity contribution in [2.75, 3.05) is 19.1 Å². The lowest BCUT2D eigenvalue weighted by atomic mass is 10.2. The molecule has 12 heavy (non-hydrogen) atoms. The van der Waals surface area contributed by atoms with Gasteiger partial charge in [-0.15, -0.1) is 12.3 Å². The predicted octanol–water partition coefficient (Wildman–Crippen LogP) is 0.0324. The van der Waals surface area contributed by atoms with Crippen LogP contribution >= 0.6 is 0 Å². The molecule has 0 rings (SSSR count). The first-order valence-corrected chi connectivity index (χ1v) is 5.84. The van der Waals surface area contributed by atoms with Gasteiger partial charge in [-0.3, -0.25) is 0 Å². The zero-order valence-electron chi connectivity index (χ0n) is 7.50. The summed E-state index contributed by atoms with van der Waals surface area (Å²) >= 11 is 0. The molecule has 4 heteroatoms. The maximum absolute atomic E-state index is 10.9. The van der Waals surface area contributed by atoms with Crippen molar-refractivity contribution in [3.05, 3.63) is 0 Å². The summed E-state index contributed by atoms with van der Waals surface area (Å²) in [6.07, 6.45) is 7.62. The van der Waals surface area contributed by atoms with Crippen LogP contribution in [-0.4, -0.2) is 33.5 Å². The highest BCUT2D eigenvalue weighted by Gasteiger charge is 2.11. The van der Waals surface area contributed by atoms with E-state index in [2.05, 4.69) is 11.2 Å². The summed E-state index contributed by atoms with van der Waals surface area (Å²) in [5.41, 5.74) is 0. The van der Waals surface area contributed by atoms with Gasteiger partial charge in [0.2, 0.25) is 0 Å². The maximum Gasteiger partial charge on any atom is 0.148 e. The van der Waals surface area contributed by atoms with Gasteiger partial charge in [-0.1, -0.05) is 0 Å². The standard InChI is InChI=1S/C8H15NO2S/c1-4-5-6-8(9-2)7-12(3,10)11/h1,8-9H,5-7H2,2-3H3. The van der Waals surface area contributed by atoms with E-state index in [0.29, 0.717) is 12.8 Å². The minimum absolute atomic E-state index is 0.0175. The molecular weight excluding hydrogens is 174 g/mol. The number of hydrogen-bond acceptors (Lipinski definition) is 3. The average Bonchev–Trinajstić information content (AvgIpc) is 1.95. The summed E-state index contributed by atoms with van der Waals surface area (Å²) in [4.78, 5) is 0. The Morgan fingerprint density at radius 2 is 2.17 bits per heavy atom. The van der Waals surface area contributed by atoms with Crippen molar-refractivity contribution in [2.24, 2.45) is 0 Å². The molecule has 0 aromatic carbocycles. The van der Waals surface area contributed by atoms with Crippen molar-refractivity contribution >= 4 is 9.84 Å². The highest BCUT2D eigenvalue weighted by atomic mass is 32.2. The van der Waals surface area contributed by atoms with Gasteiger partial charge in [-0.05, 0) is 13.5 Å². The largest absolute Gasteiger partial charge is 0.316 e. The molecule has 3 nitrogen and oxygen atoms in total. The van der Waals surface area contributed by atoms with Crippen LogP contribution in [0.25, 0.3) is 0 Å². The zero-order chi connectivity index (χ0) is 9.61. The molecule has 0 heterocycles. The van der Waals surface area contributed by atoms with Crippen molar-refractivity contribution < 1.29 is 8.42 Å². The smallest absolute Gasteiger partial charge is 0.148 e. The third kappa shape index (κ3) is 6.20. The van der Waals surface area contributed by atoms with E-state index in [1.165, 1.54) is 6.26 Å². The normalized spacial score (nSPS) is 13.8. The van der Waals surface area contributed by atoms with Crippen molar-refractivity contribution in [3.8, 4) is 12.3 Å². The molecule has 0 amide bonds. The van der Waals surface area contributed by atoms with Gasteiger partial charge in [0.25, 0.3) is 0 Å². The molecule has 1 N–H and O–H groups in total. The van der Waals surface area contributed by atoms with Crippen LogP contribution in [-0.2, 0) is 9.84 Å². The van der Waals surface area contributed by atoms with Crippen molar-refractivity contribution in [1.82, 2.24) is 5.32 Å². The molecule has 0 saturated carbocycles. The summed E-state index contributed by atoms with van der Waals surface area (Å²) in [6.45, 7) is 0. The van der Waals surface area contributed by atoms with Crippen LogP contribution < -0.4 is 5.32 Å². The van der Waals surface area contributed by atoms with Gasteiger partial charge in [0.1, 0.15) is 9.84 Å². The average molecular weight is 189 g/mol. The van der Waals surface area contributed by atoms with E-state index in [1.54, 1.807) is 7.05 Å². The molecule has 0 aliphatic carbocycles. The van der Waals surface area contributed by atoms with Gasteiger partial charge in [0.05, 0.1) is 5.75 Å². The van der Waals surface area contributed by atoms with Crippen LogP contribution in [0.1, 0.15) is 12.8 Å². The van der Waals surface area contributed by atoms with Gasteiger partial charge in [-0.2, -0.15) is 0 Å². The van der Waals surface area contributed by atoms with E-state index in [0.717, 1.165) is 0 Å². The lowest BCUT2D eigenvalue weighted by Gasteiger charge is -2.12. The Labute approximate surface area is 74.5 Å². The molecule has 0 aliphatic rings. The Kier molecular flexibility index (Phi) is 4.95. The maximum atomic E-state index is 10.9. The van der Waals surface area contributed by atoms with Gasteiger partial charge in [-0.25, -0.2) is 8.42 Å². The molecule has 0 bridgehead atoms. The van der Waals surface area contributed by atoms with Gasteiger partial charge < -0.3 is 5.32 Å². The molecule has 0 spiro atoms. The SMILES string of the molecule is C#CCCC(CS(C)(=O)=O)NC. The van der Waals surface area contributed by atoms with Crippen molar-refractivity contribution in [1.29, 1.82) is 0 Å². The first-order chi connectivity index (χ1) is 5.49. The van der Waals surface area contributed by atoms with Crippen molar-refractivity contribution in [3.63, 3.8) is 0 Å². The molecule has 0 aromatic heterocycles. The Morgan fingerprint density at radius 3 is 2.50 bits per heavy atom. The second-order valence-electron chi connectivity index (χ2n) is 2.82. The number of sulfone groups is 1. The first-order valence-electron chi connectivity index (χ1n) is 3.78. The van der Waals surface area contributed by atoms with Crippen LogP contribution in [0.2, 0.25) is 0 Å². The first kappa shape index (κ1) is 11.5. The lowest BCUT2D eigenvalue weighted by Crippen LogP contribution is -2.32. The zero-order valence-corrected chi connectivity index (χ0v) is 8.32. The highest BCUT2D eigenvalue weighted by Crippen LogP contribution is 1.99. The second-order valence-corrected chi connectivity index (χ2v) is 5.01. The molecular formula is C8H15NO2S. The van der Waals surface area contributed by atoms with E-state index in [-0.39, 0.29) is 11.8 Å². The van der Waals surface area contributed by atoms with E-state index in [4.69, 9.17) is 6.42 Å². The number of rotatable bonds is 5. The monoisotopic (exact) mass is 189 g/mol. The molecule has 0 aliphatic heterocycles. The van der Waals surface area contributed by atoms with Crippen LogP contribution in [0, 0.1) is 12.3 Å². The Hall–Kier alpha value is -0.530. The fraction of sp³-hybridized carbons (Fsp3) is 0.750. The Bertz CT molecular complexity index is 251. The van der Waals surface area contributed by atoms with Gasteiger partial charge >= 0.3 is 0 Å². The second kappa shape index (κ2) is 5.18. The molecule has 0 fully saturated rings. The van der Waals surface area contributed by atoms with E-state index in [1.807, 2.05) is 0 Å². The molecule has 70 valence electrons. The fourth-order valence-corrected chi connectivity index (χ4v) is 2.00. The fourth-order valence-electron chi connectivity index (χ4n) is 0.934. The summed E-state index contributed by atoms with van der Waals surface area (Å²) in [5.74, 6) is 2.64. The van der Waals surface area contributed by atoms with E-state index < -0.39 is 9.84 Å². The highest BCUT2D eigenvalue weighted by molar-refractivity contribution is 7.90. The molecule has 1 unspecified atom stereocenters. The van der Waals surface area contributed by atoms with E-state index >= 15 is 0 Å². The number of terminal acetylenes is 1. The third-order valence-electron chi connectivity index (χ3n) is 1.55. The topological polar surface area (TPSA) is 46.2 Å². The molecule has 0 aromatic rings. The minimum atomic E-state index is -2.90. The third-order valence-corrected chi connectivity index (χ3v) is 2.56. The predicted molar refractivity (Wildman–Crippen MR) is 50.6 cm³/mol. The van der Waals surface area contributed by atoms with Crippen molar-refractivity contribution in [2.45, 2.75) is 18.9 Å². The molecule has 0 radical (unpaired) electrons.